The van der Waals surface area contributed by atoms with Crippen LogP contribution in [0.4, 0.5) is 0 Å². The van der Waals surface area contributed by atoms with Gasteiger partial charge >= 0.3 is 0 Å². The molecule has 2 heterocycles. The number of fused-ring (bicyclic) bond motifs is 6. The monoisotopic (exact) mass is 908 g/mol. The zero-order valence-corrected chi connectivity index (χ0v) is 35.8. The van der Waals surface area contributed by atoms with Gasteiger partial charge in [-0.1, -0.05) is 103 Å². The van der Waals surface area contributed by atoms with Gasteiger partial charge in [0.05, 0.1) is 11.1 Å². The van der Waals surface area contributed by atoms with Crippen molar-refractivity contribution in [2.24, 2.45) is 0 Å². The molecule has 0 atom stereocenters. The number of rotatable bonds is 4. The summed E-state index contributed by atoms with van der Waals surface area (Å²) >= 11 is 11.7. The summed E-state index contributed by atoms with van der Waals surface area (Å²) in [4.78, 5) is 25.7. The van der Waals surface area contributed by atoms with Crippen molar-refractivity contribution in [1.82, 2.24) is 29.9 Å². The molecule has 11 aromatic rings. The Hall–Kier alpha value is -8.58. The van der Waals surface area contributed by atoms with E-state index in [2.05, 4.69) is 78.4 Å². The molecule has 66 heavy (non-hydrogen) atoms. The standard InChI is InChI=1S/C29H19N3O4.C17H9Cl2N3.C6H6O2/c33-19-8-11-23(25(35)14-19)28-30-27(31-29(32-28)24-12-9-20(34)15-26(24)36)18-7-10-22-17(13-18)6-5-16-3-1-2-4-21(16)22;18-16-20-15(21-17(19)22-16)12-7-8-14-11(9-12)6-5-10-3-1-2-4-13(10)14;7-5-2-1-3-6(8)4-5/h1-15,33-36H;1-9H;1-4,7-8H. The van der Waals surface area contributed by atoms with Crippen LogP contribution in [-0.2, 0) is 0 Å². The van der Waals surface area contributed by atoms with Gasteiger partial charge in [0.2, 0.25) is 10.6 Å². The molecule has 9 aromatic carbocycles. The number of hydrogen-bond acceptors (Lipinski definition) is 12. The lowest BCUT2D eigenvalue weighted by atomic mass is 10.00. The van der Waals surface area contributed by atoms with Crippen molar-refractivity contribution >= 4 is 66.3 Å². The maximum Gasteiger partial charge on any atom is 0.227 e. The van der Waals surface area contributed by atoms with Gasteiger partial charge in [-0.15, -0.1) is 0 Å². The zero-order valence-electron chi connectivity index (χ0n) is 34.3. The first-order chi connectivity index (χ1) is 31.9. The average Bonchev–Trinajstić information content (AvgIpc) is 3.31. The van der Waals surface area contributed by atoms with Crippen molar-refractivity contribution in [2.45, 2.75) is 0 Å². The van der Waals surface area contributed by atoms with E-state index in [4.69, 9.17) is 33.4 Å². The minimum Gasteiger partial charge on any atom is -0.508 e. The highest BCUT2D eigenvalue weighted by Crippen LogP contribution is 2.36. The molecule has 2 aromatic heterocycles. The van der Waals surface area contributed by atoms with Crippen LogP contribution in [0.25, 0.3) is 88.6 Å². The minimum atomic E-state index is -0.196. The highest BCUT2D eigenvalue weighted by molar-refractivity contribution is 6.31. The Morgan fingerprint density at radius 1 is 0.288 bits per heavy atom. The van der Waals surface area contributed by atoms with Crippen molar-refractivity contribution in [1.29, 1.82) is 0 Å². The Bertz CT molecular complexity index is 3530. The molecule has 322 valence electrons. The Morgan fingerprint density at radius 2 is 0.682 bits per heavy atom. The normalized spacial score (nSPS) is 10.9. The van der Waals surface area contributed by atoms with Crippen LogP contribution in [0.2, 0.25) is 10.6 Å². The second kappa shape index (κ2) is 18.3. The second-order valence-electron chi connectivity index (χ2n) is 14.9. The van der Waals surface area contributed by atoms with Crippen LogP contribution >= 0.6 is 23.2 Å². The number of phenolic OH excluding ortho intramolecular Hbond substituents is 6. The van der Waals surface area contributed by atoms with Gasteiger partial charge in [0.25, 0.3) is 0 Å². The first kappa shape index (κ1) is 42.7. The Balaban J connectivity index is 0.000000153. The molecule has 0 saturated heterocycles. The van der Waals surface area contributed by atoms with E-state index in [1.54, 1.807) is 6.07 Å². The number of benzene rings is 9. The zero-order chi connectivity index (χ0) is 45.9. The van der Waals surface area contributed by atoms with Crippen LogP contribution in [0, 0.1) is 0 Å². The molecular formula is C52H34Cl2N6O6. The molecule has 6 N–H and O–H groups in total. The number of nitrogens with zero attached hydrogens (tertiary/aromatic N) is 6. The molecule has 0 aliphatic carbocycles. The summed E-state index contributed by atoms with van der Waals surface area (Å²) in [5.74, 6) is 0.737. The number of halogens is 2. The van der Waals surface area contributed by atoms with Gasteiger partial charge in [0.1, 0.15) is 34.5 Å². The topological polar surface area (TPSA) is 199 Å². The van der Waals surface area contributed by atoms with E-state index in [1.807, 2.05) is 60.7 Å². The maximum absolute atomic E-state index is 10.5. The van der Waals surface area contributed by atoms with Crippen LogP contribution in [0.15, 0.2) is 170 Å². The summed E-state index contributed by atoms with van der Waals surface area (Å²) in [5, 5.41) is 67.0. The highest BCUT2D eigenvalue weighted by Gasteiger charge is 2.18. The summed E-state index contributed by atoms with van der Waals surface area (Å²) < 4.78 is 0. The van der Waals surface area contributed by atoms with Crippen molar-refractivity contribution in [2.75, 3.05) is 0 Å². The molecule has 0 bridgehead atoms. The average molecular weight is 910 g/mol. The molecular weight excluding hydrogens is 876 g/mol. The second-order valence-corrected chi connectivity index (χ2v) is 15.5. The van der Waals surface area contributed by atoms with Crippen molar-refractivity contribution in [3.63, 3.8) is 0 Å². The number of hydrogen-bond donors (Lipinski definition) is 6. The fourth-order valence-corrected chi connectivity index (χ4v) is 7.78. The lowest BCUT2D eigenvalue weighted by molar-refractivity contribution is 0.449. The molecule has 0 unspecified atom stereocenters. The van der Waals surface area contributed by atoms with E-state index in [9.17, 15) is 20.4 Å². The smallest absolute Gasteiger partial charge is 0.227 e. The molecule has 0 aliphatic rings. The first-order valence-corrected chi connectivity index (χ1v) is 20.9. The van der Waals surface area contributed by atoms with Crippen LogP contribution in [0.1, 0.15) is 0 Å². The molecule has 0 fully saturated rings. The van der Waals surface area contributed by atoms with Gasteiger partial charge in [-0.25, -0.2) is 15.0 Å². The molecule has 0 amide bonds. The van der Waals surface area contributed by atoms with E-state index >= 15 is 0 Å². The van der Waals surface area contributed by atoms with Gasteiger partial charge in [-0.2, -0.15) is 15.0 Å². The third kappa shape index (κ3) is 9.22. The Kier molecular flexibility index (Phi) is 11.8. The molecule has 0 radical (unpaired) electrons. The number of phenols is 6. The van der Waals surface area contributed by atoms with Crippen LogP contribution < -0.4 is 0 Å². The third-order valence-electron chi connectivity index (χ3n) is 10.5. The van der Waals surface area contributed by atoms with Crippen molar-refractivity contribution in [3.05, 3.63) is 180 Å². The maximum atomic E-state index is 10.5. The van der Waals surface area contributed by atoms with E-state index in [1.165, 1.54) is 70.8 Å². The van der Waals surface area contributed by atoms with Gasteiger partial charge in [-0.05, 0) is 115 Å². The molecule has 0 spiro atoms. The number of aromatic hydroxyl groups is 6. The van der Waals surface area contributed by atoms with Gasteiger partial charge in [-0.3, -0.25) is 0 Å². The predicted molar refractivity (Wildman–Crippen MR) is 258 cm³/mol. The highest BCUT2D eigenvalue weighted by atomic mass is 35.5. The van der Waals surface area contributed by atoms with E-state index in [0.29, 0.717) is 22.8 Å². The summed E-state index contributed by atoms with van der Waals surface area (Å²) in [7, 11) is 0. The lowest BCUT2D eigenvalue weighted by Crippen LogP contribution is -2.00. The summed E-state index contributed by atoms with van der Waals surface area (Å²) in [6, 6.07) is 50.9. The van der Waals surface area contributed by atoms with Gasteiger partial charge < -0.3 is 30.6 Å². The first-order valence-electron chi connectivity index (χ1n) is 20.2. The molecule has 0 aliphatic heterocycles. The summed E-state index contributed by atoms with van der Waals surface area (Å²) in [6.45, 7) is 0. The van der Waals surface area contributed by atoms with E-state index in [0.717, 1.165) is 38.1 Å². The molecule has 11 rings (SSSR count). The minimum absolute atomic E-state index is 0.0880. The fourth-order valence-electron chi connectivity index (χ4n) is 7.42. The van der Waals surface area contributed by atoms with E-state index < -0.39 is 0 Å². The largest absolute Gasteiger partial charge is 0.508 e. The summed E-state index contributed by atoms with van der Waals surface area (Å²) in [5.41, 5.74) is 2.17. The summed E-state index contributed by atoms with van der Waals surface area (Å²) in [6.07, 6.45) is 0. The Morgan fingerprint density at radius 3 is 1.12 bits per heavy atom. The van der Waals surface area contributed by atoms with Crippen molar-refractivity contribution < 1.29 is 30.6 Å². The van der Waals surface area contributed by atoms with E-state index in [-0.39, 0.29) is 56.7 Å². The quantitative estimate of drug-likeness (QED) is 0.0915. The van der Waals surface area contributed by atoms with Gasteiger partial charge in [0.15, 0.2) is 23.3 Å². The Labute approximate surface area is 385 Å². The molecule has 0 saturated carbocycles. The SMILES string of the molecule is Clc1nc(Cl)nc(-c2ccc3c(ccc4ccccc43)c2)n1.Oc1ccc(-c2nc(-c3ccc4c(ccc5ccccc54)c3)nc(-c3ccc(O)cc3O)n2)c(O)c1.Oc1cccc(O)c1. The molecule has 14 heteroatoms. The van der Waals surface area contributed by atoms with Crippen LogP contribution in [-0.4, -0.2) is 60.5 Å². The predicted octanol–water partition coefficient (Wildman–Crippen LogP) is 12.3. The lowest BCUT2D eigenvalue weighted by Gasteiger charge is -2.11. The van der Waals surface area contributed by atoms with Crippen LogP contribution in [0.3, 0.4) is 0 Å². The van der Waals surface area contributed by atoms with Gasteiger partial charge in [0, 0.05) is 29.3 Å². The molecule has 12 nitrogen and oxygen atoms in total. The number of aromatic nitrogens is 6. The van der Waals surface area contributed by atoms with Crippen molar-refractivity contribution in [3.8, 4) is 80.0 Å². The third-order valence-corrected chi connectivity index (χ3v) is 10.8. The van der Waals surface area contributed by atoms with Crippen LogP contribution in [0.5, 0.6) is 34.5 Å². The fraction of sp³-hybridized carbons (Fsp3) is 0.